The van der Waals surface area contributed by atoms with Crippen LogP contribution < -0.4 is 4.74 Å². The van der Waals surface area contributed by atoms with Crippen LogP contribution in [-0.4, -0.2) is 6.61 Å². The lowest BCUT2D eigenvalue weighted by Gasteiger charge is -2.12. The van der Waals surface area contributed by atoms with E-state index in [0.717, 1.165) is 22.4 Å². The second kappa shape index (κ2) is 4.99. The van der Waals surface area contributed by atoms with Crippen molar-refractivity contribution < 1.29 is 9.47 Å². The maximum absolute atomic E-state index is 5.83. The number of halogens is 1. The molecule has 2 aromatic carbocycles. The van der Waals surface area contributed by atoms with E-state index in [-0.39, 0.29) is 5.60 Å². The summed E-state index contributed by atoms with van der Waals surface area (Å²) >= 11 is 3.57. The third-order valence-electron chi connectivity index (χ3n) is 3.33. The quantitative estimate of drug-likeness (QED) is 0.785. The van der Waals surface area contributed by atoms with Crippen molar-refractivity contribution in [3.05, 3.63) is 64.1 Å². The Morgan fingerprint density at radius 2 is 1.95 bits per heavy atom. The van der Waals surface area contributed by atoms with Crippen LogP contribution in [0.5, 0.6) is 5.75 Å². The van der Waals surface area contributed by atoms with Crippen molar-refractivity contribution in [2.45, 2.75) is 19.1 Å². The molecule has 1 atom stereocenters. The van der Waals surface area contributed by atoms with Gasteiger partial charge in [-0.1, -0.05) is 46.3 Å². The molecule has 3 rings (SSSR count). The van der Waals surface area contributed by atoms with Crippen molar-refractivity contribution in [3.8, 4) is 5.75 Å². The van der Waals surface area contributed by atoms with Crippen LogP contribution in [-0.2, 0) is 16.9 Å². The molecule has 1 saturated heterocycles. The van der Waals surface area contributed by atoms with Crippen molar-refractivity contribution >= 4 is 15.9 Å². The summed E-state index contributed by atoms with van der Waals surface area (Å²) < 4.78 is 12.4. The highest BCUT2D eigenvalue weighted by atomic mass is 79.9. The van der Waals surface area contributed by atoms with Gasteiger partial charge in [0.2, 0.25) is 0 Å². The molecular formula is C16H15BrO2. The molecule has 3 heteroatoms. The zero-order valence-corrected chi connectivity index (χ0v) is 12.3. The molecule has 1 aliphatic heterocycles. The molecule has 2 nitrogen and oxygen atoms in total. The maximum atomic E-state index is 5.83. The SMILES string of the molecule is CC1(c2cc(OCc3ccccc3)ccc2Br)CO1. The number of hydrogen-bond donors (Lipinski definition) is 0. The fourth-order valence-electron chi connectivity index (χ4n) is 2.00. The van der Waals surface area contributed by atoms with E-state index in [4.69, 9.17) is 9.47 Å². The lowest BCUT2D eigenvalue weighted by molar-refractivity contribution is 0.301. The molecule has 0 radical (unpaired) electrons. The summed E-state index contributed by atoms with van der Waals surface area (Å²) in [5, 5.41) is 0. The maximum Gasteiger partial charge on any atom is 0.120 e. The lowest BCUT2D eigenvalue weighted by atomic mass is 10.0. The van der Waals surface area contributed by atoms with Crippen molar-refractivity contribution in [1.82, 2.24) is 0 Å². The summed E-state index contributed by atoms with van der Waals surface area (Å²) in [7, 11) is 0. The Labute approximate surface area is 121 Å². The number of epoxide rings is 1. The van der Waals surface area contributed by atoms with Crippen LogP contribution in [0.4, 0.5) is 0 Å². The average molecular weight is 319 g/mol. The molecule has 0 N–H and O–H groups in total. The van der Waals surface area contributed by atoms with Crippen LogP contribution in [0.3, 0.4) is 0 Å². The second-order valence-electron chi connectivity index (χ2n) is 4.94. The highest BCUT2D eigenvalue weighted by molar-refractivity contribution is 9.10. The normalized spacial score (nSPS) is 21.2. The van der Waals surface area contributed by atoms with Crippen molar-refractivity contribution in [2.75, 3.05) is 6.61 Å². The molecule has 19 heavy (non-hydrogen) atoms. The third kappa shape index (κ3) is 2.82. The molecule has 1 aliphatic rings. The van der Waals surface area contributed by atoms with E-state index in [2.05, 4.69) is 41.1 Å². The van der Waals surface area contributed by atoms with E-state index in [1.54, 1.807) is 0 Å². The minimum atomic E-state index is -0.148. The highest BCUT2D eigenvalue weighted by Gasteiger charge is 2.42. The van der Waals surface area contributed by atoms with E-state index in [0.29, 0.717) is 6.61 Å². The minimum Gasteiger partial charge on any atom is -0.489 e. The molecule has 0 bridgehead atoms. The summed E-state index contributed by atoms with van der Waals surface area (Å²) in [5.74, 6) is 0.874. The zero-order chi connectivity index (χ0) is 13.3. The molecular weight excluding hydrogens is 304 g/mol. The summed E-state index contributed by atoms with van der Waals surface area (Å²) in [4.78, 5) is 0. The summed E-state index contributed by atoms with van der Waals surface area (Å²) in [6.07, 6.45) is 0. The zero-order valence-electron chi connectivity index (χ0n) is 10.7. The standard InChI is InChI=1S/C16H15BrO2/c1-16(11-19-16)14-9-13(7-8-15(14)17)18-10-12-5-3-2-4-6-12/h2-9H,10-11H2,1H3. The molecule has 1 fully saturated rings. The van der Waals surface area contributed by atoms with Gasteiger partial charge >= 0.3 is 0 Å². The van der Waals surface area contributed by atoms with Crippen molar-refractivity contribution in [2.24, 2.45) is 0 Å². The fraction of sp³-hybridized carbons (Fsp3) is 0.250. The van der Waals surface area contributed by atoms with E-state index in [1.165, 1.54) is 5.56 Å². The first-order valence-electron chi connectivity index (χ1n) is 6.28. The topological polar surface area (TPSA) is 21.8 Å². The highest BCUT2D eigenvalue weighted by Crippen LogP contribution is 2.42. The predicted molar refractivity (Wildman–Crippen MR) is 78.2 cm³/mol. The van der Waals surface area contributed by atoms with Gasteiger partial charge < -0.3 is 9.47 Å². The first-order chi connectivity index (χ1) is 9.17. The predicted octanol–water partition coefficient (Wildman–Crippen LogP) is 4.27. The van der Waals surface area contributed by atoms with Gasteiger partial charge in [-0.15, -0.1) is 0 Å². The Morgan fingerprint density at radius 1 is 1.21 bits per heavy atom. The number of benzene rings is 2. The molecule has 0 saturated carbocycles. The van der Waals surface area contributed by atoms with Gasteiger partial charge in [-0.2, -0.15) is 0 Å². The van der Waals surface area contributed by atoms with Gasteiger partial charge in [0, 0.05) is 10.0 Å². The Bertz CT molecular complexity index is 577. The lowest BCUT2D eigenvalue weighted by Crippen LogP contribution is -2.04. The molecule has 2 aromatic rings. The average Bonchev–Trinajstić information content (AvgIpc) is 3.18. The van der Waals surface area contributed by atoms with E-state index in [9.17, 15) is 0 Å². The van der Waals surface area contributed by atoms with Gasteiger partial charge in [0.1, 0.15) is 18.0 Å². The molecule has 0 spiro atoms. The van der Waals surface area contributed by atoms with E-state index >= 15 is 0 Å². The Kier molecular flexibility index (Phi) is 3.33. The number of hydrogen-bond acceptors (Lipinski definition) is 2. The van der Waals surface area contributed by atoms with Crippen LogP contribution in [0, 0.1) is 0 Å². The van der Waals surface area contributed by atoms with Gasteiger partial charge in [-0.05, 0) is 30.7 Å². The molecule has 0 aliphatic carbocycles. The molecule has 1 heterocycles. The summed E-state index contributed by atoms with van der Waals surface area (Å²) in [6, 6.07) is 16.2. The fourth-order valence-corrected chi connectivity index (χ4v) is 2.67. The van der Waals surface area contributed by atoms with Gasteiger partial charge in [-0.3, -0.25) is 0 Å². The van der Waals surface area contributed by atoms with Gasteiger partial charge in [0.15, 0.2) is 0 Å². The Hall–Kier alpha value is -1.32. The molecule has 0 amide bonds. The van der Waals surface area contributed by atoms with Crippen LogP contribution in [0.15, 0.2) is 53.0 Å². The van der Waals surface area contributed by atoms with Crippen LogP contribution in [0.1, 0.15) is 18.1 Å². The monoisotopic (exact) mass is 318 g/mol. The summed E-state index contributed by atoms with van der Waals surface area (Å²) in [6.45, 7) is 3.45. The van der Waals surface area contributed by atoms with E-state index in [1.807, 2.05) is 30.3 Å². The number of ether oxygens (including phenoxy) is 2. The van der Waals surface area contributed by atoms with Gasteiger partial charge in [0.05, 0.1) is 6.61 Å². The van der Waals surface area contributed by atoms with E-state index < -0.39 is 0 Å². The van der Waals surface area contributed by atoms with Gasteiger partial charge in [0.25, 0.3) is 0 Å². The second-order valence-corrected chi connectivity index (χ2v) is 5.79. The van der Waals surface area contributed by atoms with Crippen LogP contribution in [0.2, 0.25) is 0 Å². The first-order valence-corrected chi connectivity index (χ1v) is 7.07. The first kappa shape index (κ1) is 12.7. The smallest absolute Gasteiger partial charge is 0.120 e. The molecule has 0 aromatic heterocycles. The third-order valence-corrected chi connectivity index (χ3v) is 4.02. The van der Waals surface area contributed by atoms with Crippen LogP contribution >= 0.6 is 15.9 Å². The largest absolute Gasteiger partial charge is 0.489 e. The summed E-state index contributed by atoms with van der Waals surface area (Å²) in [5.41, 5.74) is 2.17. The number of rotatable bonds is 4. The Morgan fingerprint density at radius 3 is 2.63 bits per heavy atom. The van der Waals surface area contributed by atoms with Crippen molar-refractivity contribution in [1.29, 1.82) is 0 Å². The van der Waals surface area contributed by atoms with Crippen LogP contribution in [0.25, 0.3) is 0 Å². The molecule has 98 valence electrons. The van der Waals surface area contributed by atoms with Crippen molar-refractivity contribution in [3.63, 3.8) is 0 Å². The Balaban J connectivity index is 1.75. The van der Waals surface area contributed by atoms with Gasteiger partial charge in [-0.25, -0.2) is 0 Å². The molecule has 1 unspecified atom stereocenters. The minimum absolute atomic E-state index is 0.148.